The van der Waals surface area contributed by atoms with Gasteiger partial charge in [0.2, 0.25) is 0 Å². The third-order valence-electron chi connectivity index (χ3n) is 12.1. The summed E-state index contributed by atoms with van der Waals surface area (Å²) in [5.41, 5.74) is -2.60. The van der Waals surface area contributed by atoms with Crippen LogP contribution in [0.4, 0.5) is 0 Å². The zero-order valence-electron chi connectivity index (χ0n) is 24.2. The summed E-state index contributed by atoms with van der Waals surface area (Å²) in [6, 6.07) is 0. The van der Waals surface area contributed by atoms with E-state index in [1.165, 1.54) is 0 Å². The molecule has 7 unspecified atom stereocenters. The summed E-state index contributed by atoms with van der Waals surface area (Å²) in [6.45, 7) is 1.65. The Balaban J connectivity index is 1.02. The molecular weight excluding hydrogens is 528 g/mol. The molecule has 228 valence electrons. The quantitative estimate of drug-likeness (QED) is 0.377. The number of carbonyl (C=O) groups excluding carboxylic acids is 3. The number of hydrogen-bond acceptors (Lipinski definition) is 9. The van der Waals surface area contributed by atoms with Crippen molar-refractivity contribution < 1.29 is 43.9 Å². The molecular formula is C32H45O9-. The smallest absolute Gasteiger partial charge is 0.312 e. The maximum absolute atomic E-state index is 13.7. The van der Waals surface area contributed by atoms with Crippen molar-refractivity contribution in [3.63, 3.8) is 0 Å². The number of carboxylic acid groups (broad SMARTS) is 1. The summed E-state index contributed by atoms with van der Waals surface area (Å²) in [5, 5.41) is 33.4. The number of carbonyl (C=O) groups is 3. The van der Waals surface area contributed by atoms with Crippen LogP contribution in [0.2, 0.25) is 0 Å². The van der Waals surface area contributed by atoms with Crippen molar-refractivity contribution in [1.82, 2.24) is 0 Å². The molecule has 0 amide bonds. The zero-order chi connectivity index (χ0) is 28.8. The van der Waals surface area contributed by atoms with E-state index in [4.69, 9.17) is 14.2 Å². The summed E-state index contributed by atoms with van der Waals surface area (Å²) >= 11 is 0. The van der Waals surface area contributed by atoms with Crippen LogP contribution in [0.5, 0.6) is 0 Å². The van der Waals surface area contributed by atoms with Gasteiger partial charge in [0.25, 0.3) is 0 Å². The Labute approximate surface area is 241 Å². The fourth-order valence-electron chi connectivity index (χ4n) is 11.5. The molecule has 0 aromatic carbocycles. The van der Waals surface area contributed by atoms with Gasteiger partial charge in [-0.05, 0) is 120 Å². The van der Waals surface area contributed by atoms with Crippen LogP contribution >= 0.6 is 0 Å². The third-order valence-corrected chi connectivity index (χ3v) is 12.1. The Morgan fingerprint density at radius 1 is 0.780 bits per heavy atom. The monoisotopic (exact) mass is 573 g/mol. The van der Waals surface area contributed by atoms with Gasteiger partial charge >= 0.3 is 5.97 Å². The van der Waals surface area contributed by atoms with Gasteiger partial charge in [-0.3, -0.25) is 9.59 Å². The van der Waals surface area contributed by atoms with Crippen molar-refractivity contribution in [3.8, 4) is 0 Å². The van der Waals surface area contributed by atoms with Gasteiger partial charge in [-0.25, -0.2) is 0 Å². The average molecular weight is 574 g/mol. The molecule has 0 aromatic heterocycles. The molecule has 9 nitrogen and oxygen atoms in total. The SMILES string of the molecule is CC1(CCC(=O)[O-])OC(CCC(=O)C23CC4CC(CC(O)(C4)C2)C3)C(COC(=O)C23CC4CC(CC(O)(C4)C2)C3)O1. The second-order valence-corrected chi connectivity index (χ2v) is 15.8. The standard InChI is InChI=1S/C32H46O9/c1-28(5-4-26(34)35)40-23(2-3-25(33)29-8-19-6-20(9-29)13-31(37,12-19)17-29)24(41-28)16-39-27(36)30-10-21-7-22(11-30)15-32(38,14-21)18-30/h19-24,37-38H,2-18H2,1H3,(H,34,35)/p-1. The molecule has 1 heterocycles. The molecule has 2 N–H and O–H groups in total. The van der Waals surface area contributed by atoms with Crippen molar-refractivity contribution in [2.75, 3.05) is 6.61 Å². The zero-order valence-corrected chi connectivity index (χ0v) is 24.2. The first-order valence-electron chi connectivity index (χ1n) is 16.0. The lowest BCUT2D eigenvalue weighted by molar-refractivity contribution is -0.307. The van der Waals surface area contributed by atoms with Crippen molar-refractivity contribution in [2.24, 2.45) is 34.5 Å². The molecule has 9 aliphatic rings. The highest BCUT2D eigenvalue weighted by Crippen LogP contribution is 2.63. The lowest BCUT2D eigenvalue weighted by Gasteiger charge is -2.59. The van der Waals surface area contributed by atoms with Crippen molar-refractivity contribution in [3.05, 3.63) is 0 Å². The molecule has 9 heteroatoms. The van der Waals surface area contributed by atoms with E-state index in [-0.39, 0.29) is 37.6 Å². The molecule has 1 aliphatic heterocycles. The summed E-state index contributed by atoms with van der Waals surface area (Å²) in [4.78, 5) is 38.5. The highest BCUT2D eigenvalue weighted by molar-refractivity contribution is 5.85. The van der Waals surface area contributed by atoms with Gasteiger partial charge in [-0.15, -0.1) is 0 Å². The number of ketones is 1. The highest BCUT2D eigenvalue weighted by atomic mass is 16.8. The molecule has 0 radical (unpaired) electrons. The maximum Gasteiger partial charge on any atom is 0.312 e. The van der Waals surface area contributed by atoms with Crippen LogP contribution in [-0.4, -0.2) is 63.7 Å². The summed E-state index contributed by atoms with van der Waals surface area (Å²) in [5.74, 6) is -0.944. The van der Waals surface area contributed by atoms with Gasteiger partial charge in [0.15, 0.2) is 5.79 Å². The number of hydrogen-bond donors (Lipinski definition) is 2. The molecule has 1 saturated heterocycles. The third kappa shape index (κ3) is 5.06. The Hall–Kier alpha value is -1.55. The van der Waals surface area contributed by atoms with E-state index in [0.717, 1.165) is 64.2 Å². The first kappa shape index (κ1) is 28.2. The van der Waals surface area contributed by atoms with Crippen LogP contribution in [0.3, 0.4) is 0 Å². The van der Waals surface area contributed by atoms with Crippen LogP contribution in [-0.2, 0) is 28.6 Å². The van der Waals surface area contributed by atoms with E-state index in [9.17, 15) is 29.7 Å². The van der Waals surface area contributed by atoms with E-state index < -0.39 is 46.0 Å². The minimum absolute atomic E-state index is 0.0385. The van der Waals surface area contributed by atoms with E-state index in [1.54, 1.807) is 6.92 Å². The van der Waals surface area contributed by atoms with E-state index in [2.05, 4.69) is 0 Å². The molecule has 9 rings (SSSR count). The molecule has 8 bridgehead atoms. The first-order valence-corrected chi connectivity index (χ1v) is 16.0. The second kappa shape index (κ2) is 9.47. The van der Waals surface area contributed by atoms with Gasteiger partial charge in [-0.1, -0.05) is 0 Å². The Bertz CT molecular complexity index is 1010. The van der Waals surface area contributed by atoms with Crippen LogP contribution in [0.1, 0.15) is 110 Å². The van der Waals surface area contributed by atoms with E-state index >= 15 is 0 Å². The fraction of sp³-hybridized carbons (Fsp3) is 0.906. The number of aliphatic carboxylic acids is 1. The largest absolute Gasteiger partial charge is 0.550 e. The highest BCUT2D eigenvalue weighted by Gasteiger charge is 2.62. The van der Waals surface area contributed by atoms with E-state index in [0.29, 0.717) is 42.9 Å². The molecule has 0 aromatic rings. The molecule has 7 atom stereocenters. The van der Waals surface area contributed by atoms with Gasteiger partial charge in [0, 0.05) is 24.2 Å². The van der Waals surface area contributed by atoms with Crippen LogP contribution < -0.4 is 5.11 Å². The predicted octanol–water partition coefficient (Wildman–Crippen LogP) is 2.57. The summed E-state index contributed by atoms with van der Waals surface area (Å²) < 4.78 is 18.4. The Morgan fingerprint density at radius 3 is 1.83 bits per heavy atom. The number of ether oxygens (including phenoxy) is 3. The van der Waals surface area contributed by atoms with Gasteiger partial charge in [-0.2, -0.15) is 0 Å². The van der Waals surface area contributed by atoms with Gasteiger partial charge < -0.3 is 34.3 Å². The lowest BCUT2D eigenvalue weighted by atomic mass is 9.46. The molecule has 8 aliphatic carbocycles. The molecule has 9 fully saturated rings. The Morgan fingerprint density at radius 2 is 1.29 bits per heavy atom. The topological polar surface area (TPSA) is 142 Å². The maximum atomic E-state index is 13.7. The minimum Gasteiger partial charge on any atom is -0.550 e. The average Bonchev–Trinajstić information content (AvgIpc) is 3.17. The van der Waals surface area contributed by atoms with Crippen molar-refractivity contribution >= 4 is 17.7 Å². The minimum atomic E-state index is -1.19. The van der Waals surface area contributed by atoms with Crippen molar-refractivity contribution in [1.29, 1.82) is 0 Å². The van der Waals surface area contributed by atoms with Crippen molar-refractivity contribution in [2.45, 2.75) is 139 Å². The Kier molecular flexibility index (Phi) is 6.52. The summed E-state index contributed by atoms with van der Waals surface area (Å²) in [6.07, 6.45) is 8.92. The van der Waals surface area contributed by atoms with Gasteiger partial charge in [0.1, 0.15) is 18.5 Å². The normalized spacial score (nSPS) is 50.8. The fourth-order valence-corrected chi connectivity index (χ4v) is 11.5. The number of rotatable bonds is 10. The molecule has 41 heavy (non-hydrogen) atoms. The molecule has 8 saturated carbocycles. The van der Waals surface area contributed by atoms with Gasteiger partial charge in [0.05, 0.1) is 22.7 Å². The summed E-state index contributed by atoms with van der Waals surface area (Å²) in [7, 11) is 0. The van der Waals surface area contributed by atoms with Crippen LogP contribution in [0.15, 0.2) is 0 Å². The predicted molar refractivity (Wildman–Crippen MR) is 142 cm³/mol. The van der Waals surface area contributed by atoms with Crippen LogP contribution in [0.25, 0.3) is 0 Å². The molecule has 0 spiro atoms. The second-order valence-electron chi connectivity index (χ2n) is 15.8. The number of Topliss-reactive ketones (excluding diaryl/α,β-unsaturated/α-hetero) is 1. The number of aliphatic hydroxyl groups is 2. The first-order chi connectivity index (χ1) is 19.3. The lowest BCUT2D eigenvalue weighted by Crippen LogP contribution is -2.58. The number of esters is 1. The number of carboxylic acids is 1. The van der Waals surface area contributed by atoms with Crippen LogP contribution in [0, 0.1) is 34.5 Å². The van der Waals surface area contributed by atoms with E-state index in [1.807, 2.05) is 0 Å².